The number of thiazole rings is 2. The maximum absolute atomic E-state index is 12.4. The first-order chi connectivity index (χ1) is 17.6. The summed E-state index contributed by atoms with van der Waals surface area (Å²) in [6.07, 6.45) is 6.86. The molecule has 0 unspecified atom stereocenters. The number of carbonyl (C=O) groups excluding carboxylic acids is 2. The number of benzene rings is 2. The van der Waals surface area contributed by atoms with Crippen molar-refractivity contribution in [1.29, 1.82) is 0 Å². The Hall–Kier alpha value is -2.84. The van der Waals surface area contributed by atoms with Crippen molar-refractivity contribution >= 4 is 54.9 Å². The standard InChI is InChI=1S/C28H34N4O2S2/c1-3-31-21-15-11-13-17-23(21)35-27(31)29-25(33)19-9-7-5-6-8-10-20-26(34)30-28-32(4-2)22-16-12-14-18-24(22)36-28/h11-18H,3-10,19-20H2,1-2H3. The zero-order valence-electron chi connectivity index (χ0n) is 21.1. The van der Waals surface area contributed by atoms with E-state index < -0.39 is 0 Å². The first kappa shape index (κ1) is 26.2. The van der Waals surface area contributed by atoms with Gasteiger partial charge in [-0.05, 0) is 51.0 Å². The molecule has 190 valence electrons. The second-order valence-corrected chi connectivity index (χ2v) is 10.8. The van der Waals surface area contributed by atoms with Gasteiger partial charge >= 0.3 is 0 Å². The van der Waals surface area contributed by atoms with Crippen LogP contribution in [0.1, 0.15) is 65.2 Å². The first-order valence-electron chi connectivity index (χ1n) is 12.9. The molecular weight excluding hydrogens is 488 g/mol. The van der Waals surface area contributed by atoms with Gasteiger partial charge in [0.15, 0.2) is 9.60 Å². The third kappa shape index (κ3) is 6.48. The number of amides is 2. The maximum atomic E-state index is 12.4. The van der Waals surface area contributed by atoms with Crippen LogP contribution < -0.4 is 9.60 Å². The van der Waals surface area contributed by atoms with Crippen molar-refractivity contribution in [3.05, 3.63) is 58.1 Å². The Morgan fingerprint density at radius 3 is 1.44 bits per heavy atom. The molecule has 2 aromatic carbocycles. The average Bonchev–Trinajstić information content (AvgIpc) is 3.41. The van der Waals surface area contributed by atoms with Crippen LogP contribution in [0.3, 0.4) is 0 Å². The number of para-hydroxylation sites is 2. The van der Waals surface area contributed by atoms with Crippen LogP contribution in [0.2, 0.25) is 0 Å². The van der Waals surface area contributed by atoms with Gasteiger partial charge in [-0.15, -0.1) is 0 Å². The van der Waals surface area contributed by atoms with Crippen molar-refractivity contribution in [2.24, 2.45) is 9.98 Å². The van der Waals surface area contributed by atoms with Crippen molar-refractivity contribution in [2.45, 2.75) is 78.3 Å². The van der Waals surface area contributed by atoms with E-state index in [-0.39, 0.29) is 11.8 Å². The van der Waals surface area contributed by atoms with Crippen LogP contribution in [0.25, 0.3) is 20.4 Å². The molecule has 0 saturated carbocycles. The van der Waals surface area contributed by atoms with Crippen LogP contribution in [0.4, 0.5) is 0 Å². The van der Waals surface area contributed by atoms with E-state index in [1.54, 1.807) is 22.7 Å². The Labute approximate surface area is 219 Å². The van der Waals surface area contributed by atoms with E-state index >= 15 is 0 Å². The SMILES string of the molecule is CCn1c(=NC(=O)CCCCCCCCC(=O)N=c2sc3ccccc3n2CC)sc2ccccc21. The molecule has 0 aliphatic heterocycles. The predicted octanol–water partition coefficient (Wildman–Crippen LogP) is 6.43. The molecule has 2 heterocycles. The third-order valence-corrected chi connectivity index (χ3v) is 8.40. The average molecular weight is 523 g/mol. The van der Waals surface area contributed by atoms with Gasteiger partial charge in [0.25, 0.3) is 0 Å². The molecule has 0 bridgehead atoms. The van der Waals surface area contributed by atoms with E-state index in [4.69, 9.17) is 0 Å². The lowest BCUT2D eigenvalue weighted by Crippen LogP contribution is -2.15. The zero-order chi connectivity index (χ0) is 25.3. The van der Waals surface area contributed by atoms with E-state index in [0.717, 1.165) is 81.7 Å². The Morgan fingerprint density at radius 1 is 0.639 bits per heavy atom. The highest BCUT2D eigenvalue weighted by molar-refractivity contribution is 7.16. The van der Waals surface area contributed by atoms with Gasteiger partial charge < -0.3 is 9.13 Å². The summed E-state index contributed by atoms with van der Waals surface area (Å²) >= 11 is 3.15. The minimum absolute atomic E-state index is 0.0403. The van der Waals surface area contributed by atoms with E-state index in [1.165, 1.54) is 0 Å². The number of rotatable bonds is 11. The zero-order valence-corrected chi connectivity index (χ0v) is 22.7. The largest absolute Gasteiger partial charge is 0.317 e. The second kappa shape index (κ2) is 12.9. The summed E-state index contributed by atoms with van der Waals surface area (Å²) in [5.74, 6) is -0.0805. The molecule has 0 fully saturated rings. The summed E-state index contributed by atoms with van der Waals surface area (Å²) < 4.78 is 6.53. The van der Waals surface area contributed by atoms with Crippen LogP contribution in [-0.2, 0) is 22.7 Å². The molecule has 0 saturated heterocycles. The monoisotopic (exact) mass is 522 g/mol. The van der Waals surface area contributed by atoms with Gasteiger partial charge in [-0.1, -0.05) is 72.6 Å². The van der Waals surface area contributed by atoms with Crippen LogP contribution >= 0.6 is 22.7 Å². The van der Waals surface area contributed by atoms with Crippen molar-refractivity contribution in [3.8, 4) is 0 Å². The van der Waals surface area contributed by atoms with Crippen LogP contribution in [-0.4, -0.2) is 20.9 Å². The lowest BCUT2D eigenvalue weighted by Gasteiger charge is -2.01. The summed E-state index contributed by atoms with van der Waals surface area (Å²) in [6.45, 7) is 5.76. The fourth-order valence-corrected chi connectivity index (χ4v) is 6.63. The normalized spacial score (nSPS) is 12.7. The molecule has 0 N–H and O–H groups in total. The highest BCUT2D eigenvalue weighted by atomic mass is 32.1. The lowest BCUT2D eigenvalue weighted by molar-refractivity contribution is -0.119. The number of fused-ring (bicyclic) bond motifs is 2. The summed E-state index contributed by atoms with van der Waals surface area (Å²) in [5, 5.41) is 0. The van der Waals surface area contributed by atoms with Crippen molar-refractivity contribution in [3.63, 3.8) is 0 Å². The van der Waals surface area contributed by atoms with E-state index in [0.29, 0.717) is 12.8 Å². The van der Waals surface area contributed by atoms with E-state index in [9.17, 15) is 9.59 Å². The fourth-order valence-electron chi connectivity index (χ4n) is 4.41. The van der Waals surface area contributed by atoms with Gasteiger partial charge in [-0.25, -0.2) is 0 Å². The Bertz CT molecular complexity index is 1360. The quantitative estimate of drug-likeness (QED) is 0.213. The van der Waals surface area contributed by atoms with Gasteiger partial charge in [0.05, 0.1) is 20.4 Å². The summed E-state index contributed by atoms with van der Waals surface area (Å²) in [7, 11) is 0. The van der Waals surface area contributed by atoms with Crippen LogP contribution in [0.5, 0.6) is 0 Å². The summed E-state index contributed by atoms with van der Waals surface area (Å²) in [4.78, 5) is 35.2. The predicted molar refractivity (Wildman–Crippen MR) is 149 cm³/mol. The Morgan fingerprint density at radius 2 is 1.03 bits per heavy atom. The highest BCUT2D eigenvalue weighted by Gasteiger charge is 2.08. The van der Waals surface area contributed by atoms with Crippen molar-refractivity contribution in [2.75, 3.05) is 0 Å². The molecule has 0 aliphatic carbocycles. The number of aromatic nitrogens is 2. The Balaban J connectivity index is 1.16. The second-order valence-electron chi connectivity index (χ2n) is 8.83. The van der Waals surface area contributed by atoms with Crippen LogP contribution in [0.15, 0.2) is 58.5 Å². The maximum Gasteiger partial charge on any atom is 0.248 e. The number of nitrogens with zero attached hydrogens (tertiary/aromatic N) is 4. The first-order valence-corrected chi connectivity index (χ1v) is 14.6. The molecule has 4 rings (SSSR count). The minimum Gasteiger partial charge on any atom is -0.317 e. The molecule has 2 amide bonds. The number of aryl methyl sites for hydroxylation is 2. The molecule has 2 aromatic heterocycles. The topological polar surface area (TPSA) is 68.7 Å². The van der Waals surface area contributed by atoms with Gasteiger partial charge in [0.1, 0.15) is 0 Å². The highest BCUT2D eigenvalue weighted by Crippen LogP contribution is 2.18. The molecule has 6 nitrogen and oxygen atoms in total. The van der Waals surface area contributed by atoms with Crippen LogP contribution in [0, 0.1) is 0 Å². The minimum atomic E-state index is -0.0403. The van der Waals surface area contributed by atoms with Gasteiger partial charge in [0, 0.05) is 25.9 Å². The summed E-state index contributed by atoms with van der Waals surface area (Å²) in [6, 6.07) is 16.4. The molecule has 0 atom stereocenters. The van der Waals surface area contributed by atoms with E-state index in [1.807, 2.05) is 24.3 Å². The fraction of sp³-hybridized carbons (Fsp3) is 0.429. The molecular formula is C28H34N4O2S2. The number of hydrogen-bond donors (Lipinski definition) is 0. The van der Waals surface area contributed by atoms with Gasteiger partial charge in [-0.3, -0.25) is 9.59 Å². The molecule has 36 heavy (non-hydrogen) atoms. The smallest absolute Gasteiger partial charge is 0.248 e. The lowest BCUT2D eigenvalue weighted by atomic mass is 10.1. The molecule has 0 radical (unpaired) electrons. The van der Waals surface area contributed by atoms with Crippen molar-refractivity contribution in [1.82, 2.24) is 9.13 Å². The number of hydrogen-bond acceptors (Lipinski definition) is 4. The molecule has 0 spiro atoms. The van der Waals surface area contributed by atoms with Gasteiger partial charge in [0.2, 0.25) is 11.8 Å². The Kier molecular flexibility index (Phi) is 9.41. The van der Waals surface area contributed by atoms with Gasteiger partial charge in [-0.2, -0.15) is 9.98 Å². The molecule has 0 aliphatic rings. The summed E-state index contributed by atoms with van der Waals surface area (Å²) in [5.41, 5.74) is 2.27. The number of unbranched alkanes of at least 4 members (excludes halogenated alkanes) is 5. The third-order valence-electron chi connectivity index (χ3n) is 6.28. The number of carbonyl (C=O) groups is 2. The molecule has 4 aromatic rings. The van der Waals surface area contributed by atoms with E-state index in [2.05, 4.69) is 57.2 Å². The van der Waals surface area contributed by atoms with Crippen molar-refractivity contribution < 1.29 is 9.59 Å². The molecule has 8 heteroatoms.